The molecule has 4 aliphatic rings. The van der Waals surface area contributed by atoms with Gasteiger partial charge in [-0.3, -0.25) is 0 Å². The predicted molar refractivity (Wildman–Crippen MR) is 94.0 cm³/mol. The number of carbonyl (C=O) groups excluding carboxylic acids is 1. The first-order valence-corrected chi connectivity index (χ1v) is 9.64. The van der Waals surface area contributed by atoms with Crippen LogP contribution >= 0.6 is 0 Å². The van der Waals surface area contributed by atoms with Gasteiger partial charge in [0.1, 0.15) is 5.75 Å². The molecule has 1 N–H and O–H groups in total. The van der Waals surface area contributed by atoms with Crippen LogP contribution in [-0.2, 0) is 6.54 Å². The van der Waals surface area contributed by atoms with Crippen LogP contribution in [0.5, 0.6) is 5.75 Å². The molecule has 0 spiro atoms. The fourth-order valence-electron chi connectivity index (χ4n) is 5.60. The Morgan fingerprint density at radius 1 is 1.11 bits per heavy atom. The molecule has 4 saturated carbocycles. The summed E-state index contributed by atoms with van der Waals surface area (Å²) in [6, 6.07) is 5.92. The monoisotopic (exact) mass is 382 g/mol. The van der Waals surface area contributed by atoms with Crippen LogP contribution in [-0.4, -0.2) is 30.4 Å². The quantitative estimate of drug-likeness (QED) is 0.830. The van der Waals surface area contributed by atoms with Gasteiger partial charge in [0, 0.05) is 18.7 Å². The summed E-state index contributed by atoms with van der Waals surface area (Å²) < 4.78 is 41.8. The highest BCUT2D eigenvalue weighted by Gasteiger charge is 2.48. The van der Waals surface area contributed by atoms with Gasteiger partial charge in [-0.2, -0.15) is 0 Å². The fourth-order valence-corrected chi connectivity index (χ4v) is 5.60. The van der Waals surface area contributed by atoms with Gasteiger partial charge in [-0.05, 0) is 61.8 Å². The summed E-state index contributed by atoms with van der Waals surface area (Å²) >= 11 is 0. The summed E-state index contributed by atoms with van der Waals surface area (Å²) in [6.07, 6.45) is 1.39. The fraction of sp³-hybridized carbons (Fsp3) is 0.650. The molecule has 7 heteroatoms. The highest BCUT2D eigenvalue weighted by atomic mass is 19.4. The van der Waals surface area contributed by atoms with E-state index >= 15 is 0 Å². The lowest BCUT2D eigenvalue weighted by Gasteiger charge is -2.54. The maximum Gasteiger partial charge on any atom is 0.573 e. The van der Waals surface area contributed by atoms with Crippen LogP contribution in [0, 0.1) is 23.7 Å². The molecule has 0 heterocycles. The van der Waals surface area contributed by atoms with Crippen LogP contribution in [0.2, 0.25) is 0 Å². The first-order valence-electron chi connectivity index (χ1n) is 9.64. The lowest BCUT2D eigenvalue weighted by Crippen LogP contribution is -2.57. The summed E-state index contributed by atoms with van der Waals surface area (Å²) in [6.45, 7) is 0.0609. The molecule has 148 valence electrons. The van der Waals surface area contributed by atoms with E-state index in [1.165, 1.54) is 49.1 Å². The second-order valence-electron chi connectivity index (χ2n) is 8.42. The zero-order valence-electron chi connectivity index (χ0n) is 15.3. The molecule has 0 radical (unpaired) electrons. The van der Waals surface area contributed by atoms with Gasteiger partial charge in [-0.15, -0.1) is 13.2 Å². The summed E-state index contributed by atoms with van der Waals surface area (Å²) in [5.41, 5.74) is 0.331. The summed E-state index contributed by atoms with van der Waals surface area (Å²) in [7, 11) is 1.61. The molecule has 1 aromatic rings. The lowest BCUT2D eigenvalue weighted by atomic mass is 9.54. The van der Waals surface area contributed by atoms with Crippen molar-refractivity contribution in [1.82, 2.24) is 10.2 Å². The molecule has 0 unspecified atom stereocenters. The number of urea groups is 1. The number of alkyl halides is 3. The topological polar surface area (TPSA) is 41.6 Å². The van der Waals surface area contributed by atoms with E-state index < -0.39 is 6.36 Å². The Labute approximate surface area is 157 Å². The summed E-state index contributed by atoms with van der Waals surface area (Å²) in [5, 5.41) is 3.17. The van der Waals surface area contributed by atoms with Crippen molar-refractivity contribution < 1.29 is 22.7 Å². The number of benzene rings is 1. The molecule has 0 aromatic heterocycles. The number of para-hydroxylation sites is 1. The lowest BCUT2D eigenvalue weighted by molar-refractivity contribution is -0.275. The number of hydrogen-bond donors (Lipinski definition) is 1. The van der Waals surface area contributed by atoms with Crippen LogP contribution in [0.4, 0.5) is 18.0 Å². The van der Waals surface area contributed by atoms with E-state index in [0.29, 0.717) is 17.4 Å². The zero-order chi connectivity index (χ0) is 19.2. The molecule has 4 fully saturated rings. The van der Waals surface area contributed by atoms with E-state index in [1.54, 1.807) is 19.2 Å². The van der Waals surface area contributed by atoms with E-state index in [9.17, 15) is 18.0 Å². The molecule has 1 aromatic carbocycles. The number of rotatable bonds is 4. The van der Waals surface area contributed by atoms with Gasteiger partial charge >= 0.3 is 12.4 Å². The number of nitrogens with zero attached hydrogens (tertiary/aromatic N) is 1. The van der Waals surface area contributed by atoms with Crippen LogP contribution in [0.3, 0.4) is 0 Å². The number of amides is 2. The van der Waals surface area contributed by atoms with Crippen molar-refractivity contribution in [2.24, 2.45) is 23.7 Å². The highest BCUT2D eigenvalue weighted by Crippen LogP contribution is 2.53. The van der Waals surface area contributed by atoms with Gasteiger partial charge in [-0.1, -0.05) is 18.2 Å². The molecular formula is C20H25F3N2O2. The number of nitrogens with one attached hydrogen (secondary N) is 1. The molecule has 2 amide bonds. The Bertz CT molecular complexity index is 679. The minimum Gasteiger partial charge on any atom is -0.405 e. The third-order valence-electron chi connectivity index (χ3n) is 6.47. The van der Waals surface area contributed by atoms with Gasteiger partial charge in [0.2, 0.25) is 0 Å². The smallest absolute Gasteiger partial charge is 0.405 e. The van der Waals surface area contributed by atoms with Crippen molar-refractivity contribution in [3.63, 3.8) is 0 Å². The Kier molecular flexibility index (Phi) is 4.72. The number of halogens is 3. The molecular weight excluding hydrogens is 357 g/mol. The Morgan fingerprint density at radius 2 is 1.70 bits per heavy atom. The van der Waals surface area contributed by atoms with Crippen molar-refractivity contribution in [3.05, 3.63) is 29.8 Å². The molecule has 27 heavy (non-hydrogen) atoms. The maximum atomic E-state index is 12.7. The molecule has 4 nitrogen and oxygen atoms in total. The maximum absolute atomic E-state index is 12.7. The Morgan fingerprint density at radius 3 is 2.30 bits per heavy atom. The van der Waals surface area contributed by atoms with E-state index in [4.69, 9.17) is 0 Å². The van der Waals surface area contributed by atoms with Gasteiger partial charge in [0.15, 0.2) is 0 Å². The first-order chi connectivity index (χ1) is 12.8. The van der Waals surface area contributed by atoms with Crippen LogP contribution in [0.25, 0.3) is 0 Å². The van der Waals surface area contributed by atoms with Gasteiger partial charge in [0.25, 0.3) is 0 Å². The SMILES string of the molecule is CN(Cc1ccccc1OC(F)(F)F)C(=O)NC1C2CC3CC(C2)CC1C3. The van der Waals surface area contributed by atoms with E-state index in [-0.39, 0.29) is 24.4 Å². The predicted octanol–water partition coefficient (Wildman–Crippen LogP) is 4.55. The standard InChI is InChI=1S/C20H25F3N2O2/c1-25(11-14-4-2-3-5-17(14)27-20(21,22)23)19(26)24-18-15-7-12-6-13(9-15)10-16(18)8-12/h2-5,12-13,15-16,18H,6-11H2,1H3,(H,24,26). The summed E-state index contributed by atoms with van der Waals surface area (Å²) in [5.74, 6) is 2.49. The Balaban J connectivity index is 1.39. The van der Waals surface area contributed by atoms with Crippen molar-refractivity contribution in [2.75, 3.05) is 7.05 Å². The third kappa shape index (κ3) is 4.01. The van der Waals surface area contributed by atoms with E-state index in [2.05, 4.69) is 10.1 Å². The summed E-state index contributed by atoms with van der Waals surface area (Å²) in [4.78, 5) is 14.1. The molecule has 4 bridgehead atoms. The van der Waals surface area contributed by atoms with Crippen molar-refractivity contribution >= 4 is 6.03 Å². The van der Waals surface area contributed by atoms with Crippen LogP contribution < -0.4 is 10.1 Å². The number of ether oxygens (including phenoxy) is 1. The molecule has 0 aliphatic heterocycles. The minimum atomic E-state index is -4.75. The van der Waals surface area contributed by atoms with Crippen LogP contribution in [0.15, 0.2) is 24.3 Å². The van der Waals surface area contributed by atoms with Crippen molar-refractivity contribution in [1.29, 1.82) is 0 Å². The number of carbonyl (C=O) groups is 1. The molecule has 0 atom stereocenters. The van der Waals surface area contributed by atoms with Gasteiger partial charge in [-0.25, -0.2) is 4.79 Å². The van der Waals surface area contributed by atoms with Crippen LogP contribution in [0.1, 0.15) is 37.7 Å². The van der Waals surface area contributed by atoms with Crippen molar-refractivity contribution in [2.45, 2.75) is 51.1 Å². The molecule has 5 rings (SSSR count). The highest BCUT2D eigenvalue weighted by molar-refractivity contribution is 5.74. The average molecular weight is 382 g/mol. The molecule has 0 saturated heterocycles. The van der Waals surface area contributed by atoms with Crippen molar-refractivity contribution in [3.8, 4) is 5.75 Å². The third-order valence-corrected chi connectivity index (χ3v) is 6.47. The van der Waals surface area contributed by atoms with Gasteiger partial charge < -0.3 is 15.0 Å². The largest absolute Gasteiger partial charge is 0.573 e. The number of hydrogen-bond acceptors (Lipinski definition) is 2. The average Bonchev–Trinajstić information content (AvgIpc) is 2.57. The normalized spacial score (nSPS) is 31.6. The Hall–Kier alpha value is -1.92. The minimum absolute atomic E-state index is 0.0609. The van der Waals surface area contributed by atoms with E-state index in [0.717, 1.165) is 11.8 Å². The molecule has 4 aliphatic carbocycles. The van der Waals surface area contributed by atoms with Gasteiger partial charge in [0.05, 0.1) is 6.54 Å². The first kappa shape index (κ1) is 18.4. The zero-order valence-corrected chi connectivity index (χ0v) is 15.3. The second kappa shape index (κ2) is 6.91. The van der Waals surface area contributed by atoms with E-state index in [1.807, 2.05) is 0 Å². The second-order valence-corrected chi connectivity index (χ2v) is 8.42.